The summed E-state index contributed by atoms with van der Waals surface area (Å²) >= 11 is 6.04. The van der Waals surface area contributed by atoms with Crippen molar-refractivity contribution in [3.63, 3.8) is 0 Å². The number of carbonyl (C=O) groups excluding carboxylic acids is 2. The van der Waals surface area contributed by atoms with Gasteiger partial charge in [0.15, 0.2) is 12.6 Å². The molecule has 1 amide bonds. The highest BCUT2D eigenvalue weighted by atomic mass is 35.5. The fourth-order valence-corrected chi connectivity index (χ4v) is 2.73. The van der Waals surface area contributed by atoms with Gasteiger partial charge >= 0.3 is 5.97 Å². The van der Waals surface area contributed by atoms with Crippen LogP contribution in [-0.4, -0.2) is 25.6 Å². The van der Waals surface area contributed by atoms with Crippen molar-refractivity contribution in [3.8, 4) is 5.75 Å². The molecular weight excluding hydrogens is 318 g/mol. The van der Waals surface area contributed by atoms with Gasteiger partial charge < -0.3 is 9.47 Å². The molecular formula is C17H14ClNO4. The first-order chi connectivity index (χ1) is 11.1. The van der Waals surface area contributed by atoms with E-state index in [9.17, 15) is 9.59 Å². The van der Waals surface area contributed by atoms with Crippen LogP contribution in [0.5, 0.6) is 5.75 Å². The molecule has 6 heteroatoms. The lowest BCUT2D eigenvalue weighted by Gasteiger charge is -2.34. The lowest BCUT2D eigenvalue weighted by molar-refractivity contribution is -0.144. The number of nitrogens with zero attached hydrogens (tertiary/aromatic N) is 1. The summed E-state index contributed by atoms with van der Waals surface area (Å²) in [5.41, 5.74) is 1.11. The summed E-state index contributed by atoms with van der Waals surface area (Å²) in [5.74, 6) is -0.366. The number of rotatable bonds is 3. The standard InChI is InChI=1S/C17H14ClNO4/c1-22-17(21)16(11-5-3-2-4-6-11)19-13-9-12(18)7-8-14(13)23-10-15(19)20/h2-9,16H,10H2,1H3. The molecule has 1 unspecified atom stereocenters. The Morgan fingerprint density at radius 1 is 1.26 bits per heavy atom. The number of amides is 1. The highest BCUT2D eigenvalue weighted by molar-refractivity contribution is 6.31. The summed E-state index contributed by atoms with van der Waals surface area (Å²) < 4.78 is 10.3. The number of fused-ring (bicyclic) bond motifs is 1. The van der Waals surface area contributed by atoms with E-state index in [4.69, 9.17) is 21.1 Å². The van der Waals surface area contributed by atoms with Crippen molar-refractivity contribution < 1.29 is 19.1 Å². The SMILES string of the molecule is COC(=O)C(c1ccccc1)N1C(=O)COc2ccc(Cl)cc21. The highest BCUT2D eigenvalue weighted by Crippen LogP contribution is 2.39. The minimum absolute atomic E-state index is 0.144. The number of esters is 1. The Bertz CT molecular complexity index is 748. The van der Waals surface area contributed by atoms with Crippen molar-refractivity contribution in [2.45, 2.75) is 6.04 Å². The third kappa shape index (κ3) is 2.87. The molecule has 2 aromatic carbocycles. The fourth-order valence-electron chi connectivity index (χ4n) is 2.56. The molecule has 0 bridgehead atoms. The van der Waals surface area contributed by atoms with Crippen LogP contribution in [-0.2, 0) is 14.3 Å². The van der Waals surface area contributed by atoms with Gasteiger partial charge in [-0.05, 0) is 23.8 Å². The second-order valence-electron chi connectivity index (χ2n) is 5.00. The average Bonchev–Trinajstić information content (AvgIpc) is 2.58. The summed E-state index contributed by atoms with van der Waals surface area (Å²) in [6, 6.07) is 13.0. The van der Waals surface area contributed by atoms with E-state index in [1.54, 1.807) is 42.5 Å². The van der Waals surface area contributed by atoms with Gasteiger partial charge in [0, 0.05) is 5.02 Å². The third-order valence-corrected chi connectivity index (χ3v) is 3.83. The van der Waals surface area contributed by atoms with E-state index >= 15 is 0 Å². The summed E-state index contributed by atoms with van der Waals surface area (Å²) in [5, 5.41) is 0.448. The van der Waals surface area contributed by atoms with Gasteiger partial charge in [0.25, 0.3) is 5.91 Å². The molecule has 3 rings (SSSR count). The summed E-state index contributed by atoms with van der Waals surface area (Å²) in [7, 11) is 1.29. The van der Waals surface area contributed by atoms with Crippen LogP contribution in [0.4, 0.5) is 5.69 Å². The monoisotopic (exact) mass is 331 g/mol. The first-order valence-corrected chi connectivity index (χ1v) is 7.37. The molecule has 1 heterocycles. The minimum Gasteiger partial charge on any atom is -0.482 e. The van der Waals surface area contributed by atoms with Crippen LogP contribution < -0.4 is 9.64 Å². The van der Waals surface area contributed by atoms with Crippen LogP contribution in [0.1, 0.15) is 11.6 Å². The molecule has 0 N–H and O–H groups in total. The normalized spacial score (nSPS) is 14.7. The van der Waals surface area contributed by atoms with E-state index in [0.717, 1.165) is 0 Å². The van der Waals surface area contributed by atoms with Gasteiger partial charge in [0.2, 0.25) is 0 Å². The molecule has 5 nitrogen and oxygen atoms in total. The minimum atomic E-state index is -0.894. The Hall–Kier alpha value is -2.53. The van der Waals surface area contributed by atoms with Gasteiger partial charge in [-0.2, -0.15) is 0 Å². The summed E-state index contributed by atoms with van der Waals surface area (Å²) in [4.78, 5) is 26.2. The van der Waals surface area contributed by atoms with Gasteiger partial charge in [-0.3, -0.25) is 9.69 Å². The zero-order chi connectivity index (χ0) is 16.4. The number of carbonyl (C=O) groups is 2. The number of ether oxygens (including phenoxy) is 2. The predicted molar refractivity (Wildman–Crippen MR) is 85.6 cm³/mol. The van der Waals surface area contributed by atoms with Crippen LogP contribution in [0.2, 0.25) is 5.02 Å². The molecule has 0 aliphatic carbocycles. The smallest absolute Gasteiger partial charge is 0.333 e. The van der Waals surface area contributed by atoms with E-state index in [2.05, 4.69) is 0 Å². The number of hydrogen-bond acceptors (Lipinski definition) is 4. The van der Waals surface area contributed by atoms with Crippen LogP contribution >= 0.6 is 11.6 Å². The number of methoxy groups -OCH3 is 1. The fraction of sp³-hybridized carbons (Fsp3) is 0.176. The maximum Gasteiger partial charge on any atom is 0.333 e. The summed E-state index contributed by atoms with van der Waals surface area (Å²) in [6.45, 7) is -0.144. The molecule has 1 atom stereocenters. The number of halogens is 1. The molecule has 0 radical (unpaired) electrons. The highest BCUT2D eigenvalue weighted by Gasteiger charge is 2.37. The molecule has 0 saturated heterocycles. The Labute approximate surface area is 138 Å². The van der Waals surface area contributed by atoms with Crippen molar-refractivity contribution in [1.29, 1.82) is 0 Å². The lowest BCUT2D eigenvalue weighted by atomic mass is 10.0. The Morgan fingerprint density at radius 2 is 2.00 bits per heavy atom. The molecule has 2 aromatic rings. The van der Waals surface area contributed by atoms with E-state index < -0.39 is 12.0 Å². The molecule has 23 heavy (non-hydrogen) atoms. The average molecular weight is 332 g/mol. The second-order valence-corrected chi connectivity index (χ2v) is 5.44. The predicted octanol–water partition coefficient (Wildman–Crippen LogP) is 2.98. The first-order valence-electron chi connectivity index (χ1n) is 6.99. The summed E-state index contributed by atoms with van der Waals surface area (Å²) in [6.07, 6.45) is 0. The third-order valence-electron chi connectivity index (χ3n) is 3.60. The zero-order valence-corrected chi connectivity index (χ0v) is 13.1. The van der Waals surface area contributed by atoms with Crippen molar-refractivity contribution >= 4 is 29.2 Å². The van der Waals surface area contributed by atoms with Gasteiger partial charge in [0.05, 0.1) is 12.8 Å². The van der Waals surface area contributed by atoms with Gasteiger partial charge in [0.1, 0.15) is 5.75 Å². The number of anilines is 1. The lowest BCUT2D eigenvalue weighted by Crippen LogP contribution is -2.44. The quantitative estimate of drug-likeness (QED) is 0.811. The molecule has 1 aliphatic rings. The van der Waals surface area contributed by atoms with Crippen LogP contribution in [0, 0.1) is 0 Å². The molecule has 0 saturated carbocycles. The van der Waals surface area contributed by atoms with E-state index in [0.29, 0.717) is 22.0 Å². The molecule has 0 spiro atoms. The van der Waals surface area contributed by atoms with Gasteiger partial charge in [-0.15, -0.1) is 0 Å². The van der Waals surface area contributed by atoms with Crippen LogP contribution in [0.15, 0.2) is 48.5 Å². The first kappa shape index (κ1) is 15.4. The number of benzene rings is 2. The topological polar surface area (TPSA) is 55.8 Å². The Kier molecular flexibility index (Phi) is 4.21. The van der Waals surface area contributed by atoms with Gasteiger partial charge in [-0.25, -0.2) is 4.79 Å². The molecule has 118 valence electrons. The van der Waals surface area contributed by atoms with Crippen molar-refractivity contribution in [2.75, 3.05) is 18.6 Å². The zero-order valence-electron chi connectivity index (χ0n) is 12.4. The largest absolute Gasteiger partial charge is 0.482 e. The van der Waals surface area contributed by atoms with Crippen molar-refractivity contribution in [3.05, 3.63) is 59.1 Å². The molecule has 1 aliphatic heterocycles. The second kappa shape index (κ2) is 6.30. The Morgan fingerprint density at radius 3 is 2.70 bits per heavy atom. The van der Waals surface area contributed by atoms with Crippen LogP contribution in [0.3, 0.4) is 0 Å². The maximum absolute atomic E-state index is 12.5. The van der Waals surface area contributed by atoms with E-state index in [-0.39, 0.29) is 12.5 Å². The molecule has 0 fully saturated rings. The number of hydrogen-bond donors (Lipinski definition) is 0. The molecule has 0 aromatic heterocycles. The van der Waals surface area contributed by atoms with Crippen molar-refractivity contribution in [2.24, 2.45) is 0 Å². The van der Waals surface area contributed by atoms with Crippen LogP contribution in [0.25, 0.3) is 0 Å². The van der Waals surface area contributed by atoms with E-state index in [1.807, 2.05) is 6.07 Å². The Balaban J connectivity index is 2.14. The van der Waals surface area contributed by atoms with E-state index in [1.165, 1.54) is 12.0 Å². The maximum atomic E-state index is 12.5. The van der Waals surface area contributed by atoms with Gasteiger partial charge in [-0.1, -0.05) is 41.9 Å². The van der Waals surface area contributed by atoms with Crippen molar-refractivity contribution in [1.82, 2.24) is 0 Å².